The van der Waals surface area contributed by atoms with Crippen LogP contribution in [-0.4, -0.2) is 25.9 Å². The first-order chi connectivity index (χ1) is 9.80. The number of carbonyl (C=O) groups is 1. The number of hydrogen-bond acceptors (Lipinski definition) is 6. The van der Waals surface area contributed by atoms with Crippen LogP contribution in [0.1, 0.15) is 26.3 Å². The van der Waals surface area contributed by atoms with E-state index in [9.17, 15) is 4.79 Å². The van der Waals surface area contributed by atoms with Crippen LogP contribution in [0, 0.1) is 0 Å². The Labute approximate surface area is 124 Å². The molecule has 118 valence electrons. The van der Waals surface area contributed by atoms with Gasteiger partial charge in [0.2, 0.25) is 0 Å². The van der Waals surface area contributed by atoms with Gasteiger partial charge in [0.05, 0.1) is 19.9 Å². The van der Waals surface area contributed by atoms with Gasteiger partial charge in [-0.25, -0.2) is 4.79 Å². The van der Waals surface area contributed by atoms with Crippen LogP contribution in [0.4, 0.5) is 10.5 Å². The smallest absolute Gasteiger partial charge is 0.412 e. The van der Waals surface area contributed by atoms with Crippen molar-refractivity contribution in [3.8, 4) is 11.5 Å². The highest BCUT2D eigenvalue weighted by atomic mass is 16.6. The molecule has 21 heavy (non-hydrogen) atoms. The maximum absolute atomic E-state index is 11.9. The molecule has 0 aliphatic heterocycles. The number of hydrazine groups is 1. The third kappa shape index (κ3) is 5.13. The van der Waals surface area contributed by atoms with Gasteiger partial charge in [0.25, 0.3) is 0 Å². The van der Waals surface area contributed by atoms with Crippen molar-refractivity contribution in [3.05, 3.63) is 17.7 Å². The summed E-state index contributed by atoms with van der Waals surface area (Å²) < 4.78 is 15.8. The maximum atomic E-state index is 11.9. The average molecular weight is 297 g/mol. The minimum atomic E-state index is -0.585. The van der Waals surface area contributed by atoms with Crippen LogP contribution in [0.3, 0.4) is 0 Å². The molecule has 0 aromatic heterocycles. The summed E-state index contributed by atoms with van der Waals surface area (Å²) in [4.78, 5) is 11.9. The lowest BCUT2D eigenvalue weighted by molar-refractivity contribution is 0.0635. The molecule has 1 amide bonds. The lowest BCUT2D eigenvalue weighted by Crippen LogP contribution is -2.27. The van der Waals surface area contributed by atoms with Crippen LogP contribution in [0.5, 0.6) is 11.5 Å². The molecule has 7 heteroatoms. The van der Waals surface area contributed by atoms with Crippen LogP contribution in [0.2, 0.25) is 0 Å². The number of anilines is 1. The number of methoxy groups -OCH3 is 2. The lowest BCUT2D eigenvalue weighted by atomic mass is 10.1. The van der Waals surface area contributed by atoms with Gasteiger partial charge >= 0.3 is 6.09 Å². The van der Waals surface area contributed by atoms with Gasteiger partial charge in [0, 0.05) is 6.54 Å². The van der Waals surface area contributed by atoms with Crippen molar-refractivity contribution >= 4 is 11.8 Å². The van der Waals surface area contributed by atoms with Gasteiger partial charge in [-0.05, 0) is 38.5 Å². The second-order valence-electron chi connectivity index (χ2n) is 5.39. The Hall–Kier alpha value is -1.99. The van der Waals surface area contributed by atoms with E-state index in [1.54, 1.807) is 32.9 Å². The van der Waals surface area contributed by atoms with E-state index in [0.717, 1.165) is 5.56 Å². The molecule has 0 spiro atoms. The van der Waals surface area contributed by atoms with Crippen LogP contribution in [0.25, 0.3) is 0 Å². The van der Waals surface area contributed by atoms with Crippen molar-refractivity contribution in [1.82, 2.24) is 5.43 Å². The number of ether oxygens (including phenoxy) is 3. The summed E-state index contributed by atoms with van der Waals surface area (Å²) in [6.45, 7) is 5.79. The van der Waals surface area contributed by atoms with E-state index in [0.29, 0.717) is 23.7 Å². The molecule has 0 unspecified atom stereocenters. The van der Waals surface area contributed by atoms with Crippen molar-refractivity contribution in [2.45, 2.75) is 32.9 Å². The summed E-state index contributed by atoms with van der Waals surface area (Å²) in [6.07, 6.45) is -0.569. The number of carbonyl (C=O) groups excluding carboxylic acids is 1. The summed E-state index contributed by atoms with van der Waals surface area (Å²) in [5, 5.41) is 2.66. The largest absolute Gasteiger partial charge is 0.493 e. The Morgan fingerprint density at radius 3 is 2.38 bits per heavy atom. The summed E-state index contributed by atoms with van der Waals surface area (Å²) >= 11 is 0. The highest BCUT2D eigenvalue weighted by Crippen LogP contribution is 2.36. The number of rotatable bonds is 5. The average Bonchev–Trinajstić information content (AvgIpc) is 2.36. The summed E-state index contributed by atoms with van der Waals surface area (Å²) in [7, 11) is 3.02. The molecule has 0 radical (unpaired) electrons. The molecule has 0 fully saturated rings. The Morgan fingerprint density at radius 2 is 1.90 bits per heavy atom. The van der Waals surface area contributed by atoms with Gasteiger partial charge in [-0.2, -0.15) is 0 Å². The topological polar surface area (TPSA) is 94.8 Å². The van der Waals surface area contributed by atoms with Crippen LogP contribution in [-0.2, 0) is 11.3 Å². The standard InChI is InChI=1S/C14H23N3O4/c1-14(2,3)21-13(18)17-10-6-9(8-16-15)7-11(19-4)12(10)20-5/h6-7,16H,8,15H2,1-5H3,(H,17,18). The molecular weight excluding hydrogens is 274 g/mol. The molecule has 0 saturated carbocycles. The monoisotopic (exact) mass is 297 g/mol. The molecule has 0 heterocycles. The molecular formula is C14H23N3O4. The molecule has 0 atom stereocenters. The fourth-order valence-electron chi connectivity index (χ4n) is 1.75. The van der Waals surface area contributed by atoms with E-state index < -0.39 is 11.7 Å². The fourth-order valence-corrected chi connectivity index (χ4v) is 1.75. The van der Waals surface area contributed by atoms with E-state index in [4.69, 9.17) is 20.1 Å². The highest BCUT2D eigenvalue weighted by Gasteiger charge is 2.19. The number of benzene rings is 1. The van der Waals surface area contributed by atoms with Crippen molar-refractivity contribution in [2.75, 3.05) is 19.5 Å². The second kappa shape index (κ2) is 7.14. The van der Waals surface area contributed by atoms with Gasteiger partial charge in [-0.3, -0.25) is 16.6 Å². The van der Waals surface area contributed by atoms with Crippen molar-refractivity contribution in [3.63, 3.8) is 0 Å². The third-order valence-corrected chi connectivity index (χ3v) is 2.48. The summed E-state index contributed by atoms with van der Waals surface area (Å²) in [5.41, 5.74) is 3.26. The van der Waals surface area contributed by atoms with Crippen molar-refractivity contribution in [2.24, 2.45) is 5.84 Å². The molecule has 4 N–H and O–H groups in total. The minimum Gasteiger partial charge on any atom is -0.493 e. The lowest BCUT2D eigenvalue weighted by Gasteiger charge is -2.21. The summed E-state index contributed by atoms with van der Waals surface area (Å²) in [5.74, 6) is 6.24. The maximum Gasteiger partial charge on any atom is 0.412 e. The number of nitrogens with two attached hydrogens (primary N) is 1. The quantitative estimate of drug-likeness (QED) is 0.568. The summed E-state index contributed by atoms with van der Waals surface area (Å²) in [6, 6.07) is 3.52. The molecule has 0 bridgehead atoms. The van der Waals surface area contributed by atoms with Gasteiger partial charge in [0.15, 0.2) is 11.5 Å². The molecule has 0 aliphatic carbocycles. The van der Waals surface area contributed by atoms with Crippen molar-refractivity contribution < 1.29 is 19.0 Å². The molecule has 1 aromatic rings. The van der Waals surface area contributed by atoms with Crippen LogP contribution < -0.4 is 26.1 Å². The predicted octanol–water partition coefficient (Wildman–Crippen LogP) is 2.01. The second-order valence-corrected chi connectivity index (χ2v) is 5.39. The fraction of sp³-hybridized carbons (Fsp3) is 0.500. The predicted molar refractivity (Wildman–Crippen MR) is 80.4 cm³/mol. The molecule has 0 aliphatic rings. The Kier molecular flexibility index (Phi) is 5.80. The van der Waals surface area contributed by atoms with E-state index in [-0.39, 0.29) is 0 Å². The third-order valence-electron chi connectivity index (χ3n) is 2.48. The van der Waals surface area contributed by atoms with Gasteiger partial charge in [0.1, 0.15) is 5.60 Å². The van der Waals surface area contributed by atoms with Gasteiger partial charge in [-0.1, -0.05) is 0 Å². The molecule has 1 aromatic carbocycles. The van der Waals surface area contributed by atoms with Gasteiger partial charge in [-0.15, -0.1) is 0 Å². The van der Waals surface area contributed by atoms with E-state index >= 15 is 0 Å². The zero-order valence-electron chi connectivity index (χ0n) is 13.1. The zero-order chi connectivity index (χ0) is 16.0. The molecule has 0 saturated heterocycles. The van der Waals surface area contributed by atoms with Crippen LogP contribution >= 0.6 is 0 Å². The SMILES string of the molecule is COc1cc(CNN)cc(NC(=O)OC(C)(C)C)c1OC. The zero-order valence-corrected chi connectivity index (χ0v) is 13.1. The normalized spacial score (nSPS) is 11.0. The van der Waals surface area contributed by atoms with E-state index in [1.165, 1.54) is 14.2 Å². The van der Waals surface area contributed by atoms with Crippen LogP contribution in [0.15, 0.2) is 12.1 Å². The highest BCUT2D eigenvalue weighted by molar-refractivity contribution is 5.88. The Balaban J connectivity index is 3.08. The number of hydrogen-bond donors (Lipinski definition) is 3. The van der Waals surface area contributed by atoms with E-state index in [1.807, 2.05) is 0 Å². The molecule has 7 nitrogen and oxygen atoms in total. The Morgan fingerprint density at radius 1 is 1.24 bits per heavy atom. The van der Waals surface area contributed by atoms with Crippen molar-refractivity contribution in [1.29, 1.82) is 0 Å². The Bertz CT molecular complexity index is 498. The van der Waals surface area contributed by atoms with E-state index in [2.05, 4.69) is 10.7 Å². The number of amides is 1. The first kappa shape index (κ1) is 17.1. The minimum absolute atomic E-state index is 0.420. The number of nitrogens with one attached hydrogen (secondary N) is 2. The van der Waals surface area contributed by atoms with Gasteiger partial charge < -0.3 is 14.2 Å². The molecule has 1 rings (SSSR count). The first-order valence-corrected chi connectivity index (χ1v) is 6.49. The first-order valence-electron chi connectivity index (χ1n) is 6.49.